The molecule has 17 heavy (non-hydrogen) atoms. The Labute approximate surface area is 100 Å². The Morgan fingerprint density at radius 3 is 2.53 bits per heavy atom. The van der Waals surface area contributed by atoms with E-state index in [1.54, 1.807) is 12.1 Å². The van der Waals surface area contributed by atoms with E-state index in [0.717, 1.165) is 9.87 Å². The fraction of sp³-hybridized carbons (Fsp3) is 0.364. The number of carbonyl (C=O) groups is 1. The van der Waals surface area contributed by atoms with E-state index in [-0.39, 0.29) is 10.8 Å². The molecule has 0 bridgehead atoms. The molecule has 2 rings (SSSR count). The molecule has 0 atom stereocenters. The molecule has 1 aliphatic rings. The third-order valence-electron chi connectivity index (χ3n) is 2.84. The maximum atomic E-state index is 12.1. The summed E-state index contributed by atoms with van der Waals surface area (Å²) >= 11 is 0. The van der Waals surface area contributed by atoms with E-state index in [0.29, 0.717) is 5.69 Å². The van der Waals surface area contributed by atoms with Gasteiger partial charge in [-0.05, 0) is 23.6 Å². The molecule has 0 saturated heterocycles. The molecule has 0 aliphatic carbocycles. The summed E-state index contributed by atoms with van der Waals surface area (Å²) in [6.07, 6.45) is 0. The van der Waals surface area contributed by atoms with E-state index in [9.17, 15) is 13.2 Å². The van der Waals surface area contributed by atoms with Gasteiger partial charge in [-0.3, -0.25) is 0 Å². The van der Waals surface area contributed by atoms with Crippen molar-refractivity contribution < 1.29 is 13.2 Å². The van der Waals surface area contributed by atoms with Gasteiger partial charge < -0.3 is 5.32 Å². The minimum absolute atomic E-state index is 0.158. The average molecular weight is 254 g/mol. The van der Waals surface area contributed by atoms with Crippen LogP contribution in [-0.2, 0) is 10.0 Å². The monoisotopic (exact) mass is 254 g/mol. The van der Waals surface area contributed by atoms with Gasteiger partial charge in [-0.2, -0.15) is 0 Å². The molecule has 5 nitrogen and oxygen atoms in total. The van der Waals surface area contributed by atoms with Crippen LogP contribution in [0.1, 0.15) is 25.3 Å². The highest BCUT2D eigenvalue weighted by Crippen LogP contribution is 2.31. The zero-order valence-electron chi connectivity index (χ0n) is 9.89. The fourth-order valence-electron chi connectivity index (χ4n) is 1.67. The number of fused-ring (bicyclic) bond motifs is 1. The molecule has 0 fully saturated rings. The topological polar surface area (TPSA) is 66.5 Å². The number of rotatable bonds is 1. The summed E-state index contributed by atoms with van der Waals surface area (Å²) in [5.74, 6) is 0.235. The van der Waals surface area contributed by atoms with Crippen molar-refractivity contribution in [3.63, 3.8) is 0 Å². The van der Waals surface area contributed by atoms with E-state index < -0.39 is 16.1 Å². The Kier molecular flexibility index (Phi) is 2.61. The maximum Gasteiger partial charge on any atom is 0.335 e. The molecule has 0 unspecified atom stereocenters. The lowest BCUT2D eigenvalue weighted by molar-refractivity contribution is 0.240. The molecule has 1 heterocycles. The summed E-state index contributed by atoms with van der Waals surface area (Å²) in [5, 5.41) is 2.54. The van der Waals surface area contributed by atoms with Crippen molar-refractivity contribution in [3.8, 4) is 0 Å². The summed E-state index contributed by atoms with van der Waals surface area (Å²) in [4.78, 5) is 11.6. The number of sulfonamides is 1. The van der Waals surface area contributed by atoms with Gasteiger partial charge in [0, 0.05) is 7.05 Å². The van der Waals surface area contributed by atoms with Crippen molar-refractivity contribution in [1.29, 1.82) is 0 Å². The summed E-state index contributed by atoms with van der Waals surface area (Å²) < 4.78 is 24.8. The number of amides is 2. The molecule has 1 aromatic rings. The highest BCUT2D eigenvalue weighted by atomic mass is 32.2. The first kappa shape index (κ1) is 11.9. The normalized spacial score (nSPS) is 17.9. The predicted molar refractivity (Wildman–Crippen MR) is 64.5 cm³/mol. The second-order valence-corrected chi connectivity index (χ2v) is 6.25. The first-order chi connectivity index (χ1) is 7.84. The number of hydrogen-bond acceptors (Lipinski definition) is 3. The van der Waals surface area contributed by atoms with Crippen LogP contribution in [0.5, 0.6) is 0 Å². The second-order valence-electron chi connectivity index (χ2n) is 4.31. The van der Waals surface area contributed by atoms with Gasteiger partial charge >= 0.3 is 6.03 Å². The van der Waals surface area contributed by atoms with Crippen LogP contribution >= 0.6 is 0 Å². The third kappa shape index (κ3) is 1.78. The molecule has 0 radical (unpaired) electrons. The number of benzene rings is 1. The number of anilines is 1. The lowest BCUT2D eigenvalue weighted by atomic mass is 10.0. The van der Waals surface area contributed by atoms with E-state index in [2.05, 4.69) is 5.32 Å². The van der Waals surface area contributed by atoms with Crippen LogP contribution in [0.25, 0.3) is 0 Å². The molecule has 0 spiro atoms. The number of hydrogen-bond donors (Lipinski definition) is 1. The van der Waals surface area contributed by atoms with Crippen molar-refractivity contribution in [2.75, 3.05) is 12.4 Å². The first-order valence-electron chi connectivity index (χ1n) is 5.28. The van der Waals surface area contributed by atoms with Crippen molar-refractivity contribution in [2.24, 2.45) is 0 Å². The lowest BCUT2D eigenvalue weighted by Gasteiger charge is -2.26. The number of nitrogens with zero attached hydrogens (tertiary/aromatic N) is 1. The summed E-state index contributed by atoms with van der Waals surface area (Å²) in [7, 11) is -2.46. The quantitative estimate of drug-likeness (QED) is 0.833. The van der Waals surface area contributed by atoms with Gasteiger partial charge in [0.05, 0.1) is 5.69 Å². The van der Waals surface area contributed by atoms with Gasteiger partial charge in [-0.1, -0.05) is 19.9 Å². The Bertz CT molecular complexity index is 578. The zero-order valence-corrected chi connectivity index (χ0v) is 10.7. The first-order valence-corrected chi connectivity index (χ1v) is 6.72. The molecule has 2 amide bonds. The zero-order chi connectivity index (χ0) is 12.8. The van der Waals surface area contributed by atoms with Gasteiger partial charge in [0.1, 0.15) is 4.90 Å². The van der Waals surface area contributed by atoms with Crippen molar-refractivity contribution >= 4 is 21.7 Å². The molecule has 0 saturated carbocycles. The molecular weight excluding hydrogens is 240 g/mol. The summed E-state index contributed by atoms with van der Waals surface area (Å²) in [5.41, 5.74) is 1.27. The van der Waals surface area contributed by atoms with Gasteiger partial charge in [0.15, 0.2) is 0 Å². The SMILES string of the molecule is CC(C)c1ccc2c(c1)S(=O)(=O)N(C)C(=O)N2. The Morgan fingerprint density at radius 1 is 1.29 bits per heavy atom. The Balaban J connectivity index is 2.66. The number of carbonyl (C=O) groups excluding carboxylic acids is 1. The van der Waals surface area contributed by atoms with E-state index in [4.69, 9.17) is 0 Å². The largest absolute Gasteiger partial charge is 0.335 e. The number of urea groups is 1. The minimum Gasteiger partial charge on any atom is -0.306 e. The molecule has 1 aliphatic heterocycles. The second kappa shape index (κ2) is 3.73. The van der Waals surface area contributed by atoms with Gasteiger partial charge in [-0.25, -0.2) is 17.5 Å². The fourth-order valence-corrected chi connectivity index (χ4v) is 2.91. The van der Waals surface area contributed by atoms with Gasteiger partial charge in [0.2, 0.25) is 0 Å². The average Bonchev–Trinajstić information content (AvgIpc) is 2.26. The van der Waals surface area contributed by atoms with Crippen molar-refractivity contribution in [1.82, 2.24) is 4.31 Å². The smallest absolute Gasteiger partial charge is 0.306 e. The number of nitrogens with one attached hydrogen (secondary N) is 1. The van der Waals surface area contributed by atoms with Crippen LogP contribution in [0, 0.1) is 0 Å². The molecule has 1 aromatic carbocycles. The van der Waals surface area contributed by atoms with E-state index >= 15 is 0 Å². The highest BCUT2D eigenvalue weighted by Gasteiger charge is 2.33. The maximum absolute atomic E-state index is 12.1. The Morgan fingerprint density at radius 2 is 1.94 bits per heavy atom. The van der Waals surface area contributed by atoms with Crippen LogP contribution in [0.3, 0.4) is 0 Å². The highest BCUT2D eigenvalue weighted by molar-refractivity contribution is 7.90. The van der Waals surface area contributed by atoms with E-state index in [1.807, 2.05) is 19.9 Å². The molecule has 0 aromatic heterocycles. The van der Waals surface area contributed by atoms with Crippen molar-refractivity contribution in [3.05, 3.63) is 23.8 Å². The molecule has 6 heteroatoms. The van der Waals surface area contributed by atoms with Crippen LogP contribution in [0.2, 0.25) is 0 Å². The van der Waals surface area contributed by atoms with E-state index in [1.165, 1.54) is 7.05 Å². The van der Waals surface area contributed by atoms with Crippen LogP contribution in [0.15, 0.2) is 23.1 Å². The minimum atomic E-state index is -3.70. The molecule has 1 N–H and O–H groups in total. The van der Waals surface area contributed by atoms with Crippen LogP contribution in [-0.4, -0.2) is 25.8 Å². The molecule has 92 valence electrons. The van der Waals surface area contributed by atoms with Crippen molar-refractivity contribution in [2.45, 2.75) is 24.7 Å². The van der Waals surface area contributed by atoms with Gasteiger partial charge in [0.25, 0.3) is 10.0 Å². The van der Waals surface area contributed by atoms with Crippen LogP contribution < -0.4 is 5.32 Å². The van der Waals surface area contributed by atoms with Gasteiger partial charge in [-0.15, -0.1) is 0 Å². The predicted octanol–water partition coefficient (Wildman–Crippen LogP) is 1.98. The lowest BCUT2D eigenvalue weighted by Crippen LogP contribution is -2.41. The van der Waals surface area contributed by atoms with Crippen LogP contribution in [0.4, 0.5) is 10.5 Å². The molecular formula is C11H14N2O3S. The summed E-state index contributed by atoms with van der Waals surface area (Å²) in [6.45, 7) is 3.97. The Hall–Kier alpha value is -1.56. The summed E-state index contributed by atoms with van der Waals surface area (Å²) in [6, 6.07) is 4.44. The standard InChI is InChI=1S/C11H14N2O3S/c1-7(2)8-4-5-9-10(6-8)17(15,16)13(3)11(14)12-9/h4-7H,1-3H3,(H,12,14). The third-order valence-corrected chi connectivity index (χ3v) is 4.62.